The lowest BCUT2D eigenvalue weighted by Crippen LogP contribution is -2.65. The molecule has 0 unspecified atom stereocenters. The summed E-state index contributed by atoms with van der Waals surface area (Å²) >= 11 is 0. The lowest BCUT2D eigenvalue weighted by molar-refractivity contribution is -0.378. The zero-order valence-corrected chi connectivity index (χ0v) is 26.0. The molecule has 16 atom stereocenters. The lowest BCUT2D eigenvalue weighted by atomic mass is 9.41. The highest BCUT2D eigenvalue weighted by Crippen LogP contribution is 2.73. The van der Waals surface area contributed by atoms with Crippen LogP contribution >= 0.6 is 0 Å². The van der Waals surface area contributed by atoms with Crippen LogP contribution in [0.15, 0.2) is 12.2 Å². The Kier molecular flexibility index (Phi) is 8.77. The number of hydrogen-bond donors (Lipinski definition) is 8. The van der Waals surface area contributed by atoms with Crippen molar-refractivity contribution in [1.29, 1.82) is 0 Å². The summed E-state index contributed by atoms with van der Waals surface area (Å²) in [4.78, 5) is 12.5. The summed E-state index contributed by atoms with van der Waals surface area (Å²) in [6.45, 7) is 7.33. The van der Waals surface area contributed by atoms with Crippen LogP contribution in [0.4, 0.5) is 0 Å². The molecular weight excluding hydrogens is 592 g/mol. The first-order valence-electron chi connectivity index (χ1n) is 16.3. The maximum absolute atomic E-state index is 12.5. The molecule has 13 nitrogen and oxygen atoms in total. The summed E-state index contributed by atoms with van der Waals surface area (Å²) in [6, 6.07) is 0. The van der Waals surface area contributed by atoms with Gasteiger partial charge in [-0.1, -0.05) is 19.9 Å². The zero-order chi connectivity index (χ0) is 32.7. The lowest BCUT2D eigenvalue weighted by Gasteiger charge is -2.64. The van der Waals surface area contributed by atoms with Crippen LogP contribution < -0.4 is 0 Å². The maximum Gasteiger partial charge on any atom is 0.309 e. The Morgan fingerprint density at radius 3 is 2.11 bits per heavy atom. The summed E-state index contributed by atoms with van der Waals surface area (Å²) in [6.07, 6.45) is -8.44. The summed E-state index contributed by atoms with van der Waals surface area (Å²) in [5.41, 5.74) is -1.10. The number of ether oxygens (including phenoxy) is 4. The number of carboxylic acid groups (broad SMARTS) is 1. The Labute approximate surface area is 262 Å². The fourth-order valence-electron chi connectivity index (χ4n) is 10.6. The molecule has 0 radical (unpaired) electrons. The Balaban J connectivity index is 1.26. The number of rotatable bonds is 7. The Morgan fingerprint density at radius 2 is 1.47 bits per heavy atom. The van der Waals surface area contributed by atoms with Crippen LogP contribution in [-0.2, 0) is 23.7 Å². The molecule has 256 valence electrons. The molecule has 0 aromatic rings. The molecule has 45 heavy (non-hydrogen) atoms. The minimum Gasteiger partial charge on any atom is -0.481 e. The molecule has 2 aliphatic heterocycles. The van der Waals surface area contributed by atoms with E-state index in [2.05, 4.69) is 13.5 Å². The van der Waals surface area contributed by atoms with Gasteiger partial charge in [0.1, 0.15) is 48.8 Å². The smallest absolute Gasteiger partial charge is 0.309 e. The third-order valence-corrected chi connectivity index (χ3v) is 12.9. The van der Waals surface area contributed by atoms with Crippen LogP contribution in [0.3, 0.4) is 0 Å². The molecule has 1 spiro atoms. The highest BCUT2D eigenvalue weighted by Gasteiger charge is 2.69. The van der Waals surface area contributed by atoms with Gasteiger partial charge in [0.15, 0.2) is 12.6 Å². The average molecular weight is 643 g/mol. The van der Waals surface area contributed by atoms with E-state index in [-0.39, 0.29) is 22.7 Å². The van der Waals surface area contributed by atoms with Crippen LogP contribution in [0.5, 0.6) is 0 Å². The van der Waals surface area contributed by atoms with E-state index in [1.807, 2.05) is 6.92 Å². The SMILES string of the molecule is C=C1C[C@]23CC[C@@H]4[C@](C)(CCC[C@@]4(C)C(=O)O)[C@H]2CC[C@@]1(O[C@@H]1O[C@H](CO)[C@@H](O)[C@H](O)[C@H]1O[C@@H]1O[C@H](CO)[C@@H](O)[C@H](O)[C@H]1O)C3. The topological polar surface area (TPSA) is 216 Å². The largest absolute Gasteiger partial charge is 0.481 e. The molecule has 8 N–H and O–H groups in total. The van der Waals surface area contributed by atoms with Crippen molar-refractivity contribution in [2.75, 3.05) is 13.2 Å². The van der Waals surface area contributed by atoms with Crippen molar-refractivity contribution in [3.05, 3.63) is 12.2 Å². The normalized spacial score (nSPS) is 54.7. The molecule has 0 amide bonds. The van der Waals surface area contributed by atoms with Crippen LogP contribution in [0.25, 0.3) is 0 Å². The summed E-state index contributed by atoms with van der Waals surface area (Å²) < 4.78 is 24.1. The molecule has 4 aliphatic carbocycles. The van der Waals surface area contributed by atoms with Gasteiger partial charge in [0.2, 0.25) is 0 Å². The Hall–Kier alpha value is -1.23. The number of aliphatic hydroxyl groups excluding tert-OH is 7. The van der Waals surface area contributed by atoms with E-state index in [0.717, 1.165) is 37.7 Å². The summed E-state index contributed by atoms with van der Waals surface area (Å²) in [5, 5.41) is 82.8. The summed E-state index contributed by atoms with van der Waals surface area (Å²) in [5.74, 6) is -0.392. The number of aliphatic carboxylic acids is 1. The van der Waals surface area contributed by atoms with E-state index in [1.54, 1.807) is 0 Å². The number of aliphatic hydroxyl groups is 7. The first-order chi connectivity index (χ1) is 21.2. The molecule has 0 aromatic heterocycles. The van der Waals surface area contributed by atoms with Gasteiger partial charge in [0.25, 0.3) is 0 Å². The highest BCUT2D eigenvalue weighted by molar-refractivity contribution is 5.75. The zero-order valence-electron chi connectivity index (χ0n) is 26.0. The van der Waals surface area contributed by atoms with Crippen LogP contribution in [-0.4, -0.2) is 127 Å². The molecule has 4 saturated carbocycles. The van der Waals surface area contributed by atoms with Crippen LogP contribution in [0.1, 0.15) is 71.6 Å². The van der Waals surface area contributed by atoms with Gasteiger partial charge in [-0.3, -0.25) is 4.79 Å². The third kappa shape index (κ3) is 5.04. The quantitative estimate of drug-likeness (QED) is 0.134. The van der Waals surface area contributed by atoms with E-state index in [4.69, 9.17) is 18.9 Å². The van der Waals surface area contributed by atoms with Gasteiger partial charge in [0, 0.05) is 0 Å². The van der Waals surface area contributed by atoms with Crippen LogP contribution in [0.2, 0.25) is 0 Å². The number of fused-ring (bicyclic) bond motifs is 3. The molecule has 6 rings (SSSR count). The fraction of sp³-hybridized carbons (Fsp3) is 0.906. The van der Waals surface area contributed by atoms with Gasteiger partial charge in [-0.25, -0.2) is 0 Å². The van der Waals surface area contributed by atoms with Crippen molar-refractivity contribution in [2.45, 2.75) is 139 Å². The van der Waals surface area contributed by atoms with E-state index >= 15 is 0 Å². The average Bonchev–Trinajstić information content (AvgIpc) is 3.19. The van der Waals surface area contributed by atoms with Crippen molar-refractivity contribution in [2.24, 2.45) is 28.1 Å². The van der Waals surface area contributed by atoms with Crippen molar-refractivity contribution >= 4 is 5.97 Å². The van der Waals surface area contributed by atoms with E-state index in [0.29, 0.717) is 25.7 Å². The second-order valence-corrected chi connectivity index (χ2v) is 15.2. The van der Waals surface area contributed by atoms with Gasteiger partial charge < -0.3 is 59.8 Å². The van der Waals surface area contributed by atoms with E-state index < -0.39 is 91.6 Å². The molecule has 6 fully saturated rings. The Morgan fingerprint density at radius 1 is 0.844 bits per heavy atom. The Bertz CT molecular complexity index is 1150. The standard InChI is InChI=1S/C32H50O13/c1-15-11-31-9-5-18-29(2,7-4-8-30(18,3)28(40)41)19(31)6-10-32(15,14-31)45-27-25(23(38)21(36)17(13-34)43-27)44-26-24(39)22(37)20(35)16(12-33)42-26/h16-27,33-39H,1,4-14H2,2-3H3,(H,40,41)/t16-,17-,18-,19-,20-,21-,22+,23+,24-,25-,26+,27+,29+,30-,31+,32-/m1/s1. The van der Waals surface area contributed by atoms with Gasteiger partial charge >= 0.3 is 5.97 Å². The van der Waals surface area contributed by atoms with Crippen molar-refractivity contribution in [3.63, 3.8) is 0 Å². The maximum atomic E-state index is 12.5. The number of hydrogen-bond acceptors (Lipinski definition) is 12. The minimum absolute atomic E-state index is 0.0640. The first kappa shape index (κ1) is 33.7. The first-order valence-corrected chi connectivity index (χ1v) is 16.3. The predicted molar refractivity (Wildman–Crippen MR) is 154 cm³/mol. The van der Waals surface area contributed by atoms with Gasteiger partial charge in [-0.2, -0.15) is 0 Å². The fourth-order valence-corrected chi connectivity index (χ4v) is 10.6. The van der Waals surface area contributed by atoms with E-state index in [1.165, 1.54) is 0 Å². The summed E-state index contributed by atoms with van der Waals surface area (Å²) in [7, 11) is 0. The molecule has 6 aliphatic rings. The van der Waals surface area contributed by atoms with Crippen molar-refractivity contribution < 1.29 is 64.6 Å². The van der Waals surface area contributed by atoms with E-state index in [9.17, 15) is 45.6 Å². The van der Waals surface area contributed by atoms with Gasteiger partial charge in [0.05, 0.1) is 24.2 Å². The van der Waals surface area contributed by atoms with Gasteiger partial charge in [-0.05, 0) is 86.5 Å². The molecule has 2 saturated heterocycles. The third-order valence-electron chi connectivity index (χ3n) is 12.9. The second-order valence-electron chi connectivity index (χ2n) is 15.2. The van der Waals surface area contributed by atoms with Gasteiger partial charge in [-0.15, -0.1) is 0 Å². The van der Waals surface area contributed by atoms with Crippen molar-refractivity contribution in [3.8, 4) is 0 Å². The van der Waals surface area contributed by atoms with Crippen LogP contribution in [0, 0.1) is 28.1 Å². The van der Waals surface area contributed by atoms with Crippen molar-refractivity contribution in [1.82, 2.24) is 0 Å². The molecule has 2 bridgehead atoms. The monoisotopic (exact) mass is 642 g/mol. The second kappa shape index (κ2) is 11.7. The molecule has 13 heteroatoms. The number of carbonyl (C=O) groups is 1. The minimum atomic E-state index is -1.76. The molecular formula is C32H50O13. The molecule has 2 heterocycles. The number of carboxylic acids is 1. The molecule has 0 aromatic carbocycles. The highest BCUT2D eigenvalue weighted by atomic mass is 16.8. The predicted octanol–water partition coefficient (Wildman–Crippen LogP) is -0.197.